The zero-order valence-electron chi connectivity index (χ0n) is 14.3. The van der Waals surface area contributed by atoms with Crippen LogP contribution in [-0.2, 0) is 11.3 Å². The molecule has 0 atom stereocenters. The molecule has 0 aliphatic heterocycles. The minimum Gasteiger partial charge on any atom is -0.325 e. The number of anilines is 1. The van der Waals surface area contributed by atoms with Crippen LogP contribution in [0.2, 0.25) is 0 Å². The average molecular weight is 374 g/mol. The number of aryl methyl sites for hydroxylation is 1. The number of hydrogen-bond donors (Lipinski definition) is 1. The first-order chi connectivity index (χ1) is 12.0. The molecule has 1 aromatic carbocycles. The number of carbonyl (C=O) groups excluding carboxylic acids is 1. The SMILES string of the molecule is CCn1c(SCC(=O)Nc2cccc(C)c2C)nc2ccsc2c1=O. The van der Waals surface area contributed by atoms with Gasteiger partial charge in [-0.1, -0.05) is 23.9 Å². The number of aromatic nitrogens is 2. The van der Waals surface area contributed by atoms with E-state index in [0.29, 0.717) is 21.9 Å². The molecule has 2 aromatic heterocycles. The van der Waals surface area contributed by atoms with E-state index in [1.54, 1.807) is 4.57 Å². The molecule has 3 aromatic rings. The number of amides is 1. The Kier molecular flexibility index (Phi) is 5.24. The maximum absolute atomic E-state index is 12.5. The van der Waals surface area contributed by atoms with Crippen molar-refractivity contribution >= 4 is 44.9 Å². The third kappa shape index (κ3) is 3.62. The Labute approximate surface area is 154 Å². The van der Waals surface area contributed by atoms with Gasteiger partial charge >= 0.3 is 0 Å². The molecule has 0 saturated carbocycles. The van der Waals surface area contributed by atoms with Gasteiger partial charge in [-0.3, -0.25) is 14.2 Å². The average Bonchev–Trinajstić information content (AvgIpc) is 3.06. The minimum absolute atomic E-state index is 0.0417. The zero-order chi connectivity index (χ0) is 18.0. The van der Waals surface area contributed by atoms with E-state index < -0.39 is 0 Å². The lowest BCUT2D eigenvalue weighted by molar-refractivity contribution is -0.113. The zero-order valence-corrected chi connectivity index (χ0v) is 16.0. The van der Waals surface area contributed by atoms with Gasteiger partial charge in [0, 0.05) is 12.2 Å². The predicted octanol–water partition coefficient (Wildman–Crippen LogP) is 3.83. The smallest absolute Gasteiger partial charge is 0.272 e. The van der Waals surface area contributed by atoms with Crippen molar-refractivity contribution in [2.45, 2.75) is 32.5 Å². The number of hydrogen-bond acceptors (Lipinski definition) is 5. The van der Waals surface area contributed by atoms with E-state index in [9.17, 15) is 9.59 Å². The quantitative estimate of drug-likeness (QED) is 0.545. The molecule has 0 saturated heterocycles. The third-order valence-electron chi connectivity index (χ3n) is 4.06. The highest BCUT2D eigenvalue weighted by Gasteiger charge is 2.13. The van der Waals surface area contributed by atoms with Gasteiger partial charge in [0.1, 0.15) is 4.70 Å². The summed E-state index contributed by atoms with van der Waals surface area (Å²) in [5, 5.41) is 5.37. The highest BCUT2D eigenvalue weighted by Crippen LogP contribution is 2.22. The van der Waals surface area contributed by atoms with Crippen LogP contribution in [0.1, 0.15) is 18.1 Å². The molecule has 0 spiro atoms. The summed E-state index contributed by atoms with van der Waals surface area (Å²) >= 11 is 2.68. The summed E-state index contributed by atoms with van der Waals surface area (Å²) in [6.45, 7) is 6.43. The lowest BCUT2D eigenvalue weighted by Gasteiger charge is -2.11. The Balaban J connectivity index is 1.77. The molecule has 0 aliphatic carbocycles. The number of thiophene rings is 1. The van der Waals surface area contributed by atoms with Crippen LogP contribution in [0, 0.1) is 13.8 Å². The predicted molar refractivity (Wildman–Crippen MR) is 105 cm³/mol. The Hall–Kier alpha value is -2.12. The first-order valence-corrected chi connectivity index (χ1v) is 9.84. The van der Waals surface area contributed by atoms with E-state index in [1.807, 2.05) is 50.4 Å². The number of rotatable bonds is 5. The molecule has 2 heterocycles. The van der Waals surface area contributed by atoms with Gasteiger partial charge in [0.05, 0.1) is 11.3 Å². The highest BCUT2D eigenvalue weighted by atomic mass is 32.2. The fourth-order valence-electron chi connectivity index (χ4n) is 2.52. The molecular weight excluding hydrogens is 354 g/mol. The molecule has 0 radical (unpaired) electrons. The van der Waals surface area contributed by atoms with Gasteiger partial charge in [0.25, 0.3) is 5.56 Å². The van der Waals surface area contributed by atoms with Crippen LogP contribution in [0.5, 0.6) is 0 Å². The van der Waals surface area contributed by atoms with Crippen molar-refractivity contribution in [3.8, 4) is 0 Å². The van der Waals surface area contributed by atoms with Crippen molar-refractivity contribution in [2.75, 3.05) is 11.1 Å². The van der Waals surface area contributed by atoms with Gasteiger partial charge in [0.2, 0.25) is 5.91 Å². The molecule has 130 valence electrons. The van der Waals surface area contributed by atoms with Gasteiger partial charge < -0.3 is 5.32 Å². The first-order valence-electron chi connectivity index (χ1n) is 7.98. The summed E-state index contributed by atoms with van der Waals surface area (Å²) in [6.07, 6.45) is 0. The number of nitrogens with zero attached hydrogens (tertiary/aromatic N) is 2. The van der Waals surface area contributed by atoms with Gasteiger partial charge in [-0.05, 0) is 49.4 Å². The van der Waals surface area contributed by atoms with E-state index in [4.69, 9.17) is 0 Å². The lowest BCUT2D eigenvalue weighted by atomic mass is 10.1. The van der Waals surface area contributed by atoms with E-state index in [0.717, 1.165) is 16.8 Å². The van der Waals surface area contributed by atoms with Crippen LogP contribution in [0.25, 0.3) is 10.2 Å². The third-order valence-corrected chi connectivity index (χ3v) is 5.93. The van der Waals surface area contributed by atoms with Crippen molar-refractivity contribution in [1.82, 2.24) is 9.55 Å². The summed E-state index contributed by atoms with van der Waals surface area (Å²) in [6, 6.07) is 7.66. The second-order valence-corrected chi connectivity index (χ2v) is 7.52. The van der Waals surface area contributed by atoms with Crippen molar-refractivity contribution < 1.29 is 4.79 Å². The van der Waals surface area contributed by atoms with Crippen molar-refractivity contribution in [1.29, 1.82) is 0 Å². The number of benzene rings is 1. The molecule has 0 unspecified atom stereocenters. The number of carbonyl (C=O) groups is 1. The Morgan fingerprint density at radius 2 is 2.12 bits per heavy atom. The molecule has 7 heteroatoms. The van der Waals surface area contributed by atoms with Gasteiger partial charge in [-0.2, -0.15) is 0 Å². The molecule has 0 fully saturated rings. The highest BCUT2D eigenvalue weighted by molar-refractivity contribution is 7.99. The van der Waals surface area contributed by atoms with E-state index in [1.165, 1.54) is 23.1 Å². The van der Waals surface area contributed by atoms with Crippen LogP contribution in [0.4, 0.5) is 5.69 Å². The molecular formula is C18H19N3O2S2. The second kappa shape index (κ2) is 7.41. The lowest BCUT2D eigenvalue weighted by Crippen LogP contribution is -2.22. The fraction of sp³-hybridized carbons (Fsp3) is 0.278. The molecule has 5 nitrogen and oxygen atoms in total. The topological polar surface area (TPSA) is 64.0 Å². The van der Waals surface area contributed by atoms with Crippen LogP contribution < -0.4 is 10.9 Å². The van der Waals surface area contributed by atoms with Crippen molar-refractivity contribution in [2.24, 2.45) is 0 Å². The number of fused-ring (bicyclic) bond motifs is 1. The van der Waals surface area contributed by atoms with Crippen LogP contribution in [-0.4, -0.2) is 21.2 Å². The van der Waals surface area contributed by atoms with Crippen LogP contribution >= 0.6 is 23.1 Å². The molecule has 1 amide bonds. The van der Waals surface area contributed by atoms with Gasteiger partial charge in [-0.25, -0.2) is 4.98 Å². The Morgan fingerprint density at radius 3 is 2.88 bits per heavy atom. The Bertz CT molecular complexity index is 992. The van der Waals surface area contributed by atoms with Crippen molar-refractivity contribution in [3.05, 3.63) is 51.1 Å². The Morgan fingerprint density at radius 1 is 1.32 bits per heavy atom. The molecule has 1 N–H and O–H groups in total. The molecule has 0 aliphatic rings. The van der Waals surface area contributed by atoms with E-state index >= 15 is 0 Å². The maximum atomic E-state index is 12.5. The van der Waals surface area contributed by atoms with Crippen LogP contribution in [0.3, 0.4) is 0 Å². The van der Waals surface area contributed by atoms with Gasteiger partial charge in [-0.15, -0.1) is 11.3 Å². The summed E-state index contributed by atoms with van der Waals surface area (Å²) < 4.78 is 2.28. The molecule has 25 heavy (non-hydrogen) atoms. The second-order valence-electron chi connectivity index (χ2n) is 5.66. The normalized spacial score (nSPS) is 11.0. The molecule has 3 rings (SSSR count). The summed E-state index contributed by atoms with van der Waals surface area (Å²) in [5.41, 5.74) is 3.66. The monoisotopic (exact) mass is 373 g/mol. The minimum atomic E-state index is -0.110. The van der Waals surface area contributed by atoms with Crippen LogP contribution in [0.15, 0.2) is 39.6 Å². The molecule has 0 bridgehead atoms. The standard InChI is InChI=1S/C18H19N3O2S2/c1-4-21-17(23)16-14(8-9-24-16)20-18(21)25-10-15(22)19-13-7-5-6-11(2)12(13)3/h5-9H,4,10H2,1-3H3,(H,19,22). The first kappa shape index (κ1) is 17.7. The number of thioether (sulfide) groups is 1. The van der Waals surface area contributed by atoms with Gasteiger partial charge in [0.15, 0.2) is 5.16 Å². The number of nitrogens with one attached hydrogen (secondary N) is 1. The largest absolute Gasteiger partial charge is 0.325 e. The van der Waals surface area contributed by atoms with E-state index in [-0.39, 0.29) is 17.2 Å². The maximum Gasteiger partial charge on any atom is 0.272 e. The summed E-state index contributed by atoms with van der Waals surface area (Å²) in [7, 11) is 0. The summed E-state index contributed by atoms with van der Waals surface area (Å²) in [4.78, 5) is 29.3. The van der Waals surface area contributed by atoms with Crippen molar-refractivity contribution in [3.63, 3.8) is 0 Å². The summed E-state index contributed by atoms with van der Waals surface area (Å²) in [5.74, 6) is 0.0937. The fourth-order valence-corrected chi connectivity index (χ4v) is 4.16. The van der Waals surface area contributed by atoms with E-state index in [2.05, 4.69) is 10.3 Å².